The highest BCUT2D eigenvalue weighted by Gasteiger charge is 2.25. The fourth-order valence-corrected chi connectivity index (χ4v) is 2.71. The van der Waals surface area contributed by atoms with Gasteiger partial charge in [0.2, 0.25) is 0 Å². The predicted molar refractivity (Wildman–Crippen MR) is 102 cm³/mol. The molecule has 0 fully saturated rings. The Bertz CT molecular complexity index is 1100. The van der Waals surface area contributed by atoms with Crippen LogP contribution in [0.15, 0.2) is 82.0 Å². The molecule has 0 unspecified atom stereocenters. The highest BCUT2D eigenvalue weighted by molar-refractivity contribution is 6.33. The van der Waals surface area contributed by atoms with Crippen LogP contribution in [-0.4, -0.2) is 17.8 Å². The third-order valence-corrected chi connectivity index (χ3v) is 4.17. The number of rotatable bonds is 4. The normalized spacial score (nSPS) is 14.7. The first kappa shape index (κ1) is 17.8. The quantitative estimate of drug-likeness (QED) is 0.370. The number of furan rings is 1. The summed E-state index contributed by atoms with van der Waals surface area (Å²) in [5, 5.41) is 0.318. The lowest BCUT2D eigenvalue weighted by atomic mass is 10.2. The fraction of sp³-hybridized carbons (Fsp3) is 0. The smallest absolute Gasteiger partial charge is 0.363 e. The maximum Gasteiger partial charge on any atom is 0.363 e. The van der Waals surface area contributed by atoms with E-state index in [1.165, 1.54) is 6.26 Å². The molecule has 6 nitrogen and oxygen atoms in total. The van der Waals surface area contributed by atoms with E-state index in [2.05, 4.69) is 4.99 Å². The Hall–Kier alpha value is -3.64. The van der Waals surface area contributed by atoms with E-state index in [0.717, 1.165) is 0 Å². The van der Waals surface area contributed by atoms with Crippen LogP contribution >= 0.6 is 11.6 Å². The molecular weight excluding hydrogens is 382 g/mol. The van der Waals surface area contributed by atoms with Gasteiger partial charge in [0.25, 0.3) is 5.90 Å². The molecule has 0 saturated carbocycles. The number of cyclic esters (lactones) is 1. The van der Waals surface area contributed by atoms with Gasteiger partial charge in [-0.3, -0.25) is 0 Å². The third-order valence-electron chi connectivity index (χ3n) is 3.84. The SMILES string of the molecule is O=C1OC(c2ccco2)=N/C1=C\c1ccc(OC(=O)c2ccccc2Cl)cc1. The first-order valence-corrected chi connectivity index (χ1v) is 8.61. The Labute approximate surface area is 164 Å². The van der Waals surface area contributed by atoms with Gasteiger partial charge in [-0.2, -0.15) is 0 Å². The number of halogens is 1. The number of esters is 2. The lowest BCUT2D eigenvalue weighted by Gasteiger charge is -2.06. The van der Waals surface area contributed by atoms with Crippen molar-refractivity contribution >= 4 is 35.5 Å². The number of hydrogen-bond donors (Lipinski definition) is 0. The van der Waals surface area contributed by atoms with Gasteiger partial charge in [0.05, 0.1) is 16.8 Å². The van der Waals surface area contributed by atoms with Crippen LogP contribution in [-0.2, 0) is 9.53 Å². The summed E-state index contributed by atoms with van der Waals surface area (Å²) < 4.78 is 15.6. The summed E-state index contributed by atoms with van der Waals surface area (Å²) in [5.74, 6) is -0.282. The molecule has 0 atom stereocenters. The number of aliphatic imine (C=N–C) groups is 1. The van der Waals surface area contributed by atoms with Gasteiger partial charge in [-0.15, -0.1) is 0 Å². The van der Waals surface area contributed by atoms with Gasteiger partial charge in [-0.05, 0) is 48.0 Å². The molecule has 2 aromatic carbocycles. The zero-order valence-electron chi connectivity index (χ0n) is 14.3. The van der Waals surface area contributed by atoms with Crippen LogP contribution in [0.5, 0.6) is 5.75 Å². The number of nitrogens with zero attached hydrogens (tertiary/aromatic N) is 1. The molecule has 4 rings (SSSR count). The molecule has 1 aliphatic rings. The highest BCUT2D eigenvalue weighted by Crippen LogP contribution is 2.22. The van der Waals surface area contributed by atoms with Crippen molar-refractivity contribution in [3.05, 3.63) is 94.5 Å². The molecule has 7 heteroatoms. The van der Waals surface area contributed by atoms with Gasteiger partial charge in [0, 0.05) is 0 Å². The van der Waals surface area contributed by atoms with Gasteiger partial charge in [-0.25, -0.2) is 14.6 Å². The lowest BCUT2D eigenvalue weighted by Crippen LogP contribution is -2.08. The summed E-state index contributed by atoms with van der Waals surface area (Å²) in [5.41, 5.74) is 1.12. The average molecular weight is 394 g/mol. The van der Waals surface area contributed by atoms with Gasteiger partial charge >= 0.3 is 11.9 Å². The van der Waals surface area contributed by atoms with Crippen molar-refractivity contribution in [1.82, 2.24) is 0 Å². The standard InChI is InChI=1S/C21H12ClNO5/c22-16-5-2-1-4-15(16)20(24)27-14-9-7-13(8-10-14)12-17-21(25)28-19(23-17)18-6-3-11-26-18/h1-12H/b17-12-. The van der Waals surface area contributed by atoms with Crippen LogP contribution in [0, 0.1) is 0 Å². The Morgan fingerprint density at radius 2 is 1.82 bits per heavy atom. The number of carbonyl (C=O) groups is 2. The van der Waals surface area contributed by atoms with E-state index < -0.39 is 11.9 Å². The van der Waals surface area contributed by atoms with Gasteiger partial charge in [0.15, 0.2) is 11.5 Å². The van der Waals surface area contributed by atoms with Crippen molar-refractivity contribution in [1.29, 1.82) is 0 Å². The minimum Gasteiger partial charge on any atom is -0.459 e. The van der Waals surface area contributed by atoms with Crippen molar-refractivity contribution in [3.63, 3.8) is 0 Å². The number of ether oxygens (including phenoxy) is 2. The summed E-state index contributed by atoms with van der Waals surface area (Å²) in [6, 6.07) is 16.6. The van der Waals surface area contributed by atoms with Crippen LogP contribution in [0.4, 0.5) is 0 Å². The van der Waals surface area contributed by atoms with E-state index in [0.29, 0.717) is 22.1 Å². The van der Waals surface area contributed by atoms with Gasteiger partial charge in [-0.1, -0.05) is 35.9 Å². The van der Waals surface area contributed by atoms with Crippen LogP contribution in [0.1, 0.15) is 21.7 Å². The Kier molecular flexibility index (Phi) is 4.78. The summed E-state index contributed by atoms with van der Waals surface area (Å²) in [6.07, 6.45) is 3.04. The molecule has 0 radical (unpaired) electrons. The molecule has 1 aromatic heterocycles. The molecule has 0 amide bonds. The van der Waals surface area contributed by atoms with Gasteiger partial charge < -0.3 is 13.9 Å². The molecule has 138 valence electrons. The van der Waals surface area contributed by atoms with Crippen molar-refractivity contribution in [2.45, 2.75) is 0 Å². The van der Waals surface area contributed by atoms with E-state index in [1.807, 2.05) is 0 Å². The monoisotopic (exact) mass is 393 g/mol. The van der Waals surface area contributed by atoms with E-state index in [9.17, 15) is 9.59 Å². The predicted octanol–water partition coefficient (Wildman–Crippen LogP) is 4.50. The van der Waals surface area contributed by atoms with E-state index in [1.54, 1.807) is 66.7 Å². The summed E-state index contributed by atoms with van der Waals surface area (Å²) in [6.45, 7) is 0. The van der Waals surface area contributed by atoms with Crippen molar-refractivity contribution in [2.75, 3.05) is 0 Å². The molecular formula is C21H12ClNO5. The molecule has 0 saturated heterocycles. The van der Waals surface area contributed by atoms with E-state index >= 15 is 0 Å². The average Bonchev–Trinajstić information content (AvgIpc) is 3.34. The lowest BCUT2D eigenvalue weighted by molar-refractivity contribution is -0.130. The zero-order chi connectivity index (χ0) is 19.5. The zero-order valence-corrected chi connectivity index (χ0v) is 15.1. The molecule has 0 N–H and O–H groups in total. The Morgan fingerprint density at radius 3 is 2.54 bits per heavy atom. The highest BCUT2D eigenvalue weighted by atomic mass is 35.5. The maximum atomic E-state index is 12.2. The van der Waals surface area contributed by atoms with E-state index in [4.69, 9.17) is 25.5 Å². The Balaban J connectivity index is 1.49. The molecule has 28 heavy (non-hydrogen) atoms. The van der Waals surface area contributed by atoms with Gasteiger partial charge in [0.1, 0.15) is 5.75 Å². The maximum absolute atomic E-state index is 12.2. The topological polar surface area (TPSA) is 78.1 Å². The first-order valence-electron chi connectivity index (χ1n) is 8.23. The second-order valence-electron chi connectivity index (χ2n) is 5.75. The summed E-state index contributed by atoms with van der Waals surface area (Å²) in [7, 11) is 0. The van der Waals surface area contributed by atoms with Crippen molar-refractivity contribution in [3.8, 4) is 5.75 Å². The second-order valence-corrected chi connectivity index (χ2v) is 6.16. The molecule has 0 aliphatic carbocycles. The minimum atomic E-state index is -0.569. The first-order chi connectivity index (χ1) is 13.6. The van der Waals surface area contributed by atoms with Crippen molar-refractivity contribution < 1.29 is 23.5 Å². The third kappa shape index (κ3) is 3.72. The molecule has 3 aromatic rings. The largest absolute Gasteiger partial charge is 0.459 e. The number of benzene rings is 2. The molecule has 1 aliphatic heterocycles. The summed E-state index contributed by atoms with van der Waals surface area (Å²) in [4.78, 5) is 28.3. The number of carbonyl (C=O) groups excluding carboxylic acids is 2. The molecule has 2 heterocycles. The number of hydrogen-bond acceptors (Lipinski definition) is 6. The minimum absolute atomic E-state index is 0.117. The molecule has 0 spiro atoms. The summed E-state index contributed by atoms with van der Waals surface area (Å²) >= 11 is 6.00. The van der Waals surface area contributed by atoms with Crippen LogP contribution in [0.2, 0.25) is 5.02 Å². The van der Waals surface area contributed by atoms with E-state index in [-0.39, 0.29) is 17.2 Å². The van der Waals surface area contributed by atoms with Crippen LogP contribution in [0.25, 0.3) is 6.08 Å². The van der Waals surface area contributed by atoms with Crippen LogP contribution in [0.3, 0.4) is 0 Å². The second kappa shape index (κ2) is 7.54. The van der Waals surface area contributed by atoms with Crippen molar-refractivity contribution in [2.24, 2.45) is 4.99 Å². The molecule has 0 bridgehead atoms. The Morgan fingerprint density at radius 1 is 1.04 bits per heavy atom. The fourth-order valence-electron chi connectivity index (χ4n) is 2.49. The van der Waals surface area contributed by atoms with Crippen LogP contribution < -0.4 is 4.74 Å².